The van der Waals surface area contributed by atoms with Crippen molar-refractivity contribution < 1.29 is 76.2 Å². The summed E-state index contributed by atoms with van der Waals surface area (Å²) in [7, 11) is 1.29. The summed E-state index contributed by atoms with van der Waals surface area (Å²) in [5.74, 6) is -5.85. The highest BCUT2D eigenvalue weighted by atomic mass is 16.7. The first kappa shape index (κ1) is 37.0. The van der Waals surface area contributed by atoms with E-state index in [-0.39, 0.29) is 34.1 Å². The molecule has 1 aliphatic rings. The van der Waals surface area contributed by atoms with Gasteiger partial charge in [0.15, 0.2) is 12.2 Å². The zero-order valence-electron chi connectivity index (χ0n) is 27.1. The second-order valence-corrected chi connectivity index (χ2v) is 10.2. The maximum Gasteiger partial charge on any atom is 0.308 e. The van der Waals surface area contributed by atoms with E-state index in [1.54, 1.807) is 0 Å². The third-order valence-corrected chi connectivity index (χ3v) is 6.33. The fraction of sp³-hybridized carbons (Fsp3) is 0.406. The summed E-state index contributed by atoms with van der Waals surface area (Å²) in [6.45, 7) is 6.06. The summed E-state index contributed by atoms with van der Waals surface area (Å²) in [6.07, 6.45) is -7.76. The summed E-state index contributed by atoms with van der Waals surface area (Å²) >= 11 is 0. The number of carbonyl (C=O) groups is 7. The molecular formula is C32H34O16. The highest BCUT2D eigenvalue weighted by molar-refractivity contribution is 6.13. The summed E-state index contributed by atoms with van der Waals surface area (Å²) in [6, 6.07) is 7.93. The molecule has 16 nitrogen and oxygen atoms in total. The Labute approximate surface area is 274 Å². The number of ketones is 1. The molecule has 1 saturated heterocycles. The summed E-state index contributed by atoms with van der Waals surface area (Å²) < 4.78 is 49.2. The number of methoxy groups -OCH3 is 1. The fourth-order valence-electron chi connectivity index (χ4n) is 4.63. The van der Waals surface area contributed by atoms with E-state index in [9.17, 15) is 33.6 Å². The van der Waals surface area contributed by atoms with Crippen LogP contribution in [0.4, 0.5) is 0 Å². The van der Waals surface area contributed by atoms with Gasteiger partial charge in [-0.1, -0.05) is 0 Å². The maximum atomic E-state index is 14.0. The Kier molecular flexibility index (Phi) is 12.6. The first-order valence-electron chi connectivity index (χ1n) is 14.3. The number of hydrogen-bond donors (Lipinski definition) is 0. The molecule has 48 heavy (non-hydrogen) atoms. The van der Waals surface area contributed by atoms with Crippen LogP contribution in [0.1, 0.15) is 57.5 Å². The van der Waals surface area contributed by atoms with Gasteiger partial charge in [0, 0.05) is 59.2 Å². The molecule has 0 unspecified atom stereocenters. The number of ether oxygens (including phenoxy) is 9. The van der Waals surface area contributed by atoms with Crippen molar-refractivity contribution in [2.45, 2.75) is 72.2 Å². The molecule has 0 saturated carbocycles. The van der Waals surface area contributed by atoms with E-state index in [4.69, 9.17) is 42.6 Å². The van der Waals surface area contributed by atoms with E-state index in [2.05, 4.69) is 0 Å². The first-order valence-corrected chi connectivity index (χ1v) is 14.3. The molecule has 5 atom stereocenters. The van der Waals surface area contributed by atoms with Crippen LogP contribution < -0.4 is 18.9 Å². The van der Waals surface area contributed by atoms with Gasteiger partial charge in [0.1, 0.15) is 41.3 Å². The minimum absolute atomic E-state index is 0.0378. The van der Waals surface area contributed by atoms with E-state index in [0.717, 1.165) is 34.6 Å². The van der Waals surface area contributed by atoms with Crippen LogP contribution >= 0.6 is 0 Å². The lowest BCUT2D eigenvalue weighted by Crippen LogP contribution is -2.63. The van der Waals surface area contributed by atoms with E-state index in [0.29, 0.717) is 0 Å². The predicted molar refractivity (Wildman–Crippen MR) is 158 cm³/mol. The average Bonchev–Trinajstić information content (AvgIpc) is 2.97. The molecule has 0 radical (unpaired) electrons. The lowest BCUT2D eigenvalue weighted by molar-refractivity contribution is -0.288. The van der Waals surface area contributed by atoms with Gasteiger partial charge in [0.25, 0.3) is 0 Å². The molecule has 0 spiro atoms. The van der Waals surface area contributed by atoms with E-state index in [1.807, 2.05) is 0 Å². The molecule has 0 bridgehead atoms. The normalized spacial score (nSPS) is 19.9. The van der Waals surface area contributed by atoms with E-state index >= 15 is 0 Å². The van der Waals surface area contributed by atoms with Gasteiger partial charge in [-0.15, -0.1) is 0 Å². The third-order valence-electron chi connectivity index (χ3n) is 6.33. The van der Waals surface area contributed by atoms with Gasteiger partial charge in [0.2, 0.25) is 18.2 Å². The molecule has 2 aromatic carbocycles. The fourth-order valence-corrected chi connectivity index (χ4v) is 4.63. The second kappa shape index (κ2) is 16.4. The maximum absolute atomic E-state index is 14.0. The van der Waals surface area contributed by atoms with Crippen LogP contribution in [0.5, 0.6) is 23.0 Å². The van der Waals surface area contributed by atoms with Crippen LogP contribution in [0.25, 0.3) is 0 Å². The Morgan fingerprint density at radius 3 is 1.69 bits per heavy atom. The molecule has 0 aliphatic carbocycles. The van der Waals surface area contributed by atoms with Crippen molar-refractivity contribution >= 4 is 41.6 Å². The Morgan fingerprint density at radius 1 is 0.625 bits per heavy atom. The van der Waals surface area contributed by atoms with Gasteiger partial charge >= 0.3 is 35.8 Å². The SMILES string of the molecule is COc1cc(OC(C)=O)c(C(=O)c2ccc(OC(C)=O)cc2)c(O[C@@H]2O[C@H](COC(C)=O)[C@@H](OC(C)=O)[C@H](OC(C)=O)[C@H]2OC(C)=O)c1. The zero-order valence-corrected chi connectivity index (χ0v) is 27.1. The van der Waals surface area contributed by atoms with Crippen molar-refractivity contribution in [3.63, 3.8) is 0 Å². The van der Waals surface area contributed by atoms with Crippen LogP contribution in [0.3, 0.4) is 0 Å². The van der Waals surface area contributed by atoms with Crippen molar-refractivity contribution in [1.29, 1.82) is 0 Å². The van der Waals surface area contributed by atoms with Crippen LogP contribution in [-0.4, -0.2) is 86.0 Å². The minimum atomic E-state index is -1.74. The molecule has 1 aliphatic heterocycles. The highest BCUT2D eigenvalue weighted by Crippen LogP contribution is 2.39. The van der Waals surface area contributed by atoms with Gasteiger partial charge in [-0.3, -0.25) is 33.6 Å². The van der Waals surface area contributed by atoms with Crippen molar-refractivity contribution in [3.8, 4) is 23.0 Å². The molecule has 1 heterocycles. The van der Waals surface area contributed by atoms with Gasteiger partial charge in [-0.25, -0.2) is 0 Å². The van der Waals surface area contributed by atoms with Crippen molar-refractivity contribution in [2.75, 3.05) is 13.7 Å². The molecule has 258 valence electrons. The van der Waals surface area contributed by atoms with E-state index in [1.165, 1.54) is 50.4 Å². The smallest absolute Gasteiger partial charge is 0.308 e. The van der Waals surface area contributed by atoms with Gasteiger partial charge < -0.3 is 42.6 Å². The first-order chi connectivity index (χ1) is 22.6. The van der Waals surface area contributed by atoms with Crippen molar-refractivity contribution in [2.24, 2.45) is 0 Å². The van der Waals surface area contributed by atoms with Crippen LogP contribution in [0.15, 0.2) is 36.4 Å². The molecule has 1 fully saturated rings. The topological polar surface area (TPSA) is 203 Å². The Balaban J connectivity index is 2.21. The van der Waals surface area contributed by atoms with Gasteiger partial charge in [0.05, 0.1) is 7.11 Å². The van der Waals surface area contributed by atoms with E-state index < -0.39 is 78.9 Å². The van der Waals surface area contributed by atoms with Crippen LogP contribution in [-0.2, 0) is 52.5 Å². The molecule has 0 aromatic heterocycles. The molecule has 0 N–H and O–H groups in total. The Bertz CT molecular complexity index is 1560. The van der Waals surface area contributed by atoms with Gasteiger partial charge in [-0.05, 0) is 24.3 Å². The molecular weight excluding hydrogens is 640 g/mol. The number of benzene rings is 2. The number of carbonyl (C=O) groups excluding carboxylic acids is 7. The van der Waals surface area contributed by atoms with Crippen LogP contribution in [0, 0.1) is 0 Å². The number of rotatable bonds is 12. The van der Waals surface area contributed by atoms with Crippen molar-refractivity contribution in [3.05, 3.63) is 47.5 Å². The number of esters is 6. The van der Waals surface area contributed by atoms with Crippen LogP contribution in [0.2, 0.25) is 0 Å². The summed E-state index contributed by atoms with van der Waals surface area (Å²) in [4.78, 5) is 85.7. The van der Waals surface area contributed by atoms with Crippen molar-refractivity contribution in [1.82, 2.24) is 0 Å². The summed E-state index contributed by atoms with van der Waals surface area (Å²) in [5, 5.41) is 0. The molecule has 2 aromatic rings. The van der Waals surface area contributed by atoms with Gasteiger partial charge in [-0.2, -0.15) is 0 Å². The highest BCUT2D eigenvalue weighted by Gasteiger charge is 2.53. The predicted octanol–water partition coefficient (Wildman–Crippen LogP) is 2.24. The standard InChI is InChI=1S/C32H34O16/c1-15(33)41-14-26-29(44-18(4)36)30(45-19(5)37)31(46-20(6)38)32(48-26)47-25-13-23(40-7)12-24(43-17(3)35)27(25)28(39)21-8-10-22(11-9-21)42-16(2)34/h8-13,26,29-32H,14H2,1-7H3/t26-,29-,30+,31-,32-/m1/s1. The minimum Gasteiger partial charge on any atom is -0.496 e. The molecule has 3 rings (SSSR count). The second-order valence-electron chi connectivity index (χ2n) is 10.2. The number of hydrogen-bond acceptors (Lipinski definition) is 16. The monoisotopic (exact) mass is 674 g/mol. The third kappa shape index (κ3) is 9.99. The average molecular weight is 675 g/mol. The Hall–Kier alpha value is -5.51. The zero-order chi connectivity index (χ0) is 35.7. The molecule has 0 amide bonds. The Morgan fingerprint density at radius 2 is 1.17 bits per heavy atom. The quantitative estimate of drug-likeness (QED) is 0.137. The summed E-state index contributed by atoms with van der Waals surface area (Å²) in [5.41, 5.74) is -0.282. The molecule has 16 heteroatoms. The lowest BCUT2D eigenvalue weighted by Gasteiger charge is -2.44. The largest absolute Gasteiger partial charge is 0.496 e. The lowest BCUT2D eigenvalue weighted by atomic mass is 9.97.